The first-order valence-corrected chi connectivity index (χ1v) is 9.61. The highest BCUT2D eigenvalue weighted by Crippen LogP contribution is 2.21. The molecule has 3 rings (SSSR count). The Hall–Kier alpha value is -2.88. The number of hydrogen-bond donors (Lipinski definition) is 0. The van der Waals surface area contributed by atoms with Crippen LogP contribution in [-0.2, 0) is 0 Å². The van der Waals surface area contributed by atoms with Gasteiger partial charge in [-0.15, -0.1) is 4.80 Å². The van der Waals surface area contributed by atoms with E-state index in [0.717, 1.165) is 4.80 Å². The summed E-state index contributed by atoms with van der Waals surface area (Å²) < 4.78 is 34.3. The Bertz CT molecular complexity index is 1000. The SMILES string of the molecule is CCN(C(=O)c1cccc(F)c1-n1nccn1)[C@@H](C)COc1ncc(Br)cc1F. The van der Waals surface area contributed by atoms with Crippen molar-refractivity contribution in [2.75, 3.05) is 13.2 Å². The third-order valence-electron chi connectivity index (χ3n) is 4.20. The number of carbonyl (C=O) groups excluding carboxylic acids is 1. The minimum absolute atomic E-state index is 0.00972. The van der Waals surface area contributed by atoms with Crippen LogP contribution >= 0.6 is 15.9 Å². The van der Waals surface area contributed by atoms with Gasteiger partial charge in [-0.2, -0.15) is 10.2 Å². The third kappa shape index (κ3) is 4.58. The van der Waals surface area contributed by atoms with Crippen LogP contribution in [0.4, 0.5) is 8.78 Å². The maximum absolute atomic E-state index is 14.4. The summed E-state index contributed by atoms with van der Waals surface area (Å²) in [5, 5.41) is 7.86. The van der Waals surface area contributed by atoms with Crippen LogP contribution in [0.15, 0.2) is 47.3 Å². The lowest BCUT2D eigenvalue weighted by Gasteiger charge is -2.28. The molecule has 1 amide bonds. The fourth-order valence-electron chi connectivity index (χ4n) is 2.83. The summed E-state index contributed by atoms with van der Waals surface area (Å²) in [4.78, 5) is 19.6. The van der Waals surface area contributed by atoms with Crippen LogP contribution in [0.25, 0.3) is 5.69 Å². The van der Waals surface area contributed by atoms with Crippen LogP contribution in [0.5, 0.6) is 5.88 Å². The van der Waals surface area contributed by atoms with E-state index in [9.17, 15) is 13.6 Å². The van der Waals surface area contributed by atoms with Crippen molar-refractivity contribution in [3.8, 4) is 11.6 Å². The molecule has 0 unspecified atom stereocenters. The number of hydrogen-bond acceptors (Lipinski definition) is 5. The summed E-state index contributed by atoms with van der Waals surface area (Å²) in [6, 6.07) is 5.01. The van der Waals surface area contributed by atoms with Crippen LogP contribution in [0, 0.1) is 11.6 Å². The Morgan fingerprint density at radius 2 is 2.00 bits per heavy atom. The Kier molecular flexibility index (Phi) is 6.53. The molecule has 2 heterocycles. The topological polar surface area (TPSA) is 73.1 Å². The lowest BCUT2D eigenvalue weighted by Crippen LogP contribution is -2.42. The highest BCUT2D eigenvalue weighted by atomic mass is 79.9. The number of carbonyl (C=O) groups is 1. The van der Waals surface area contributed by atoms with Gasteiger partial charge in [-0.05, 0) is 48.0 Å². The van der Waals surface area contributed by atoms with Gasteiger partial charge in [0, 0.05) is 17.2 Å². The number of halogens is 3. The van der Waals surface area contributed by atoms with E-state index in [-0.39, 0.29) is 23.7 Å². The zero-order valence-electron chi connectivity index (χ0n) is 15.7. The van der Waals surface area contributed by atoms with Crippen LogP contribution in [0.2, 0.25) is 0 Å². The van der Waals surface area contributed by atoms with E-state index in [1.165, 1.54) is 47.8 Å². The molecule has 0 spiro atoms. The number of amides is 1. The minimum Gasteiger partial charge on any atom is -0.473 e. The van der Waals surface area contributed by atoms with Gasteiger partial charge in [-0.3, -0.25) is 4.79 Å². The average molecular weight is 466 g/mol. The molecule has 1 aromatic carbocycles. The van der Waals surface area contributed by atoms with E-state index in [0.29, 0.717) is 11.0 Å². The second-order valence-corrected chi connectivity index (χ2v) is 7.06. The molecule has 2 aromatic heterocycles. The number of para-hydroxylation sites is 1. The van der Waals surface area contributed by atoms with Crippen molar-refractivity contribution in [1.82, 2.24) is 24.9 Å². The molecule has 0 aliphatic rings. The van der Waals surface area contributed by atoms with E-state index in [1.54, 1.807) is 13.8 Å². The number of benzene rings is 1. The maximum Gasteiger partial charge on any atom is 0.256 e. The Morgan fingerprint density at radius 3 is 2.66 bits per heavy atom. The molecule has 29 heavy (non-hydrogen) atoms. The van der Waals surface area contributed by atoms with Crippen molar-refractivity contribution in [2.45, 2.75) is 19.9 Å². The fourth-order valence-corrected chi connectivity index (χ4v) is 3.13. The first-order valence-electron chi connectivity index (χ1n) is 8.82. The largest absolute Gasteiger partial charge is 0.473 e. The summed E-state index contributed by atoms with van der Waals surface area (Å²) in [6.07, 6.45) is 4.21. The van der Waals surface area contributed by atoms with Crippen molar-refractivity contribution in [2.24, 2.45) is 0 Å². The molecule has 0 bridgehead atoms. The molecule has 3 aromatic rings. The normalized spacial score (nSPS) is 11.9. The highest BCUT2D eigenvalue weighted by Gasteiger charge is 2.26. The van der Waals surface area contributed by atoms with Gasteiger partial charge in [0.1, 0.15) is 12.3 Å². The highest BCUT2D eigenvalue weighted by molar-refractivity contribution is 9.10. The Balaban J connectivity index is 1.81. The maximum atomic E-state index is 14.4. The van der Waals surface area contributed by atoms with Gasteiger partial charge < -0.3 is 9.64 Å². The van der Waals surface area contributed by atoms with Crippen LogP contribution < -0.4 is 4.74 Å². The number of aromatic nitrogens is 4. The Labute approximate surface area is 174 Å². The van der Waals surface area contributed by atoms with Crippen LogP contribution in [0.3, 0.4) is 0 Å². The molecule has 0 radical (unpaired) electrons. The molecule has 0 saturated carbocycles. The van der Waals surface area contributed by atoms with E-state index in [1.807, 2.05) is 0 Å². The van der Waals surface area contributed by atoms with Gasteiger partial charge in [0.15, 0.2) is 11.6 Å². The summed E-state index contributed by atoms with van der Waals surface area (Å²) in [6.45, 7) is 3.89. The summed E-state index contributed by atoms with van der Waals surface area (Å²) >= 11 is 3.13. The lowest BCUT2D eigenvalue weighted by atomic mass is 10.1. The molecular formula is C19H18BrF2N5O2. The zero-order chi connectivity index (χ0) is 21.0. The van der Waals surface area contributed by atoms with Crippen molar-refractivity contribution in [1.29, 1.82) is 0 Å². The van der Waals surface area contributed by atoms with E-state index >= 15 is 0 Å². The summed E-state index contributed by atoms with van der Waals surface area (Å²) in [5.41, 5.74) is 0.0811. The van der Waals surface area contributed by atoms with Gasteiger partial charge in [0.2, 0.25) is 0 Å². The van der Waals surface area contributed by atoms with Crippen molar-refractivity contribution in [3.05, 3.63) is 64.5 Å². The molecule has 0 aliphatic heterocycles. The number of nitrogens with zero attached hydrogens (tertiary/aromatic N) is 5. The van der Waals surface area contributed by atoms with Gasteiger partial charge in [-0.25, -0.2) is 13.8 Å². The van der Waals surface area contributed by atoms with Gasteiger partial charge in [0.25, 0.3) is 11.8 Å². The smallest absolute Gasteiger partial charge is 0.256 e. The van der Waals surface area contributed by atoms with E-state index in [2.05, 4.69) is 31.1 Å². The molecule has 0 aliphatic carbocycles. The minimum atomic E-state index is -0.617. The molecule has 152 valence electrons. The predicted octanol–water partition coefficient (Wildman–Crippen LogP) is 3.63. The fraction of sp³-hybridized carbons (Fsp3) is 0.263. The molecule has 0 N–H and O–H groups in total. The van der Waals surface area contributed by atoms with Crippen LogP contribution in [0.1, 0.15) is 24.2 Å². The average Bonchev–Trinajstić information content (AvgIpc) is 3.21. The first kappa shape index (κ1) is 20.8. The van der Waals surface area contributed by atoms with Gasteiger partial charge >= 0.3 is 0 Å². The molecule has 0 saturated heterocycles. The van der Waals surface area contributed by atoms with E-state index in [4.69, 9.17) is 4.74 Å². The quantitative estimate of drug-likeness (QED) is 0.532. The van der Waals surface area contributed by atoms with Crippen molar-refractivity contribution >= 4 is 21.8 Å². The lowest BCUT2D eigenvalue weighted by molar-refractivity contribution is 0.0643. The molecular weight excluding hydrogens is 448 g/mol. The molecule has 0 fully saturated rings. The summed E-state index contributed by atoms with van der Waals surface area (Å²) in [7, 11) is 0. The second-order valence-electron chi connectivity index (χ2n) is 6.15. The van der Waals surface area contributed by atoms with E-state index < -0.39 is 23.6 Å². The zero-order valence-corrected chi connectivity index (χ0v) is 17.3. The van der Waals surface area contributed by atoms with Gasteiger partial charge in [0.05, 0.1) is 24.0 Å². The standard InChI is InChI=1S/C19H18BrF2N5O2/c1-3-26(12(2)11-29-18-16(22)9-13(20)10-23-18)19(28)14-5-4-6-15(21)17(14)27-24-7-8-25-27/h4-10,12H,3,11H2,1-2H3/t12-/m0/s1. The number of pyridine rings is 1. The molecule has 10 heteroatoms. The number of likely N-dealkylation sites (N-methyl/N-ethyl adjacent to an activating group) is 1. The summed E-state index contributed by atoms with van der Waals surface area (Å²) in [5.74, 6) is -1.80. The van der Waals surface area contributed by atoms with Crippen molar-refractivity contribution < 1.29 is 18.3 Å². The van der Waals surface area contributed by atoms with Gasteiger partial charge in [-0.1, -0.05) is 6.07 Å². The van der Waals surface area contributed by atoms with Crippen LogP contribution in [-0.4, -0.2) is 50.0 Å². The third-order valence-corrected chi connectivity index (χ3v) is 4.64. The predicted molar refractivity (Wildman–Crippen MR) is 105 cm³/mol. The number of ether oxygens (including phenoxy) is 1. The van der Waals surface area contributed by atoms with Crippen molar-refractivity contribution in [3.63, 3.8) is 0 Å². The number of rotatable bonds is 7. The Morgan fingerprint density at radius 1 is 1.28 bits per heavy atom. The monoisotopic (exact) mass is 465 g/mol. The molecule has 1 atom stereocenters. The molecule has 7 nitrogen and oxygen atoms in total. The first-order chi connectivity index (χ1) is 13.9. The second kappa shape index (κ2) is 9.08.